The Morgan fingerprint density at radius 1 is 1.57 bits per heavy atom. The predicted molar refractivity (Wildman–Crippen MR) is 83.2 cm³/mol. The van der Waals surface area contributed by atoms with Crippen LogP contribution in [-0.2, 0) is 16.1 Å². The van der Waals surface area contributed by atoms with Crippen LogP contribution in [0.2, 0.25) is 0 Å². The molecule has 0 spiro atoms. The van der Waals surface area contributed by atoms with Gasteiger partial charge in [-0.3, -0.25) is 9.48 Å². The molecule has 6 nitrogen and oxygen atoms in total. The van der Waals surface area contributed by atoms with E-state index in [-0.39, 0.29) is 18.4 Å². The number of esters is 1. The monoisotopic (exact) mass is 314 g/mol. The Hall–Kier alpha value is -1.40. The van der Waals surface area contributed by atoms with Gasteiger partial charge in [-0.1, -0.05) is 10.8 Å². The van der Waals surface area contributed by atoms with Crippen LogP contribution >= 0.6 is 12.4 Å². The van der Waals surface area contributed by atoms with Gasteiger partial charge in [0.15, 0.2) is 0 Å². The summed E-state index contributed by atoms with van der Waals surface area (Å²) in [6.07, 6.45) is 7.48. The van der Waals surface area contributed by atoms with E-state index in [1.807, 2.05) is 13.1 Å². The Kier molecular flexibility index (Phi) is 8.00. The van der Waals surface area contributed by atoms with Crippen LogP contribution < -0.4 is 5.32 Å². The number of aromatic nitrogens is 3. The maximum atomic E-state index is 11.2. The van der Waals surface area contributed by atoms with Gasteiger partial charge < -0.3 is 10.1 Å². The van der Waals surface area contributed by atoms with Crippen molar-refractivity contribution in [3.8, 4) is 0 Å². The van der Waals surface area contributed by atoms with Crippen molar-refractivity contribution in [2.24, 2.45) is 0 Å². The van der Waals surface area contributed by atoms with E-state index < -0.39 is 0 Å². The summed E-state index contributed by atoms with van der Waals surface area (Å²) in [4.78, 5) is 11.2. The molecule has 1 aliphatic heterocycles. The molecule has 0 radical (unpaired) electrons. The summed E-state index contributed by atoms with van der Waals surface area (Å²) in [5, 5.41) is 11.6. The topological polar surface area (TPSA) is 69.0 Å². The number of nitrogens with one attached hydrogen (secondary N) is 1. The summed E-state index contributed by atoms with van der Waals surface area (Å²) in [6, 6.07) is 0. The van der Waals surface area contributed by atoms with E-state index in [1.165, 1.54) is 12.0 Å². The highest BCUT2D eigenvalue weighted by Crippen LogP contribution is 2.12. The molecular formula is C14H23ClN4O2. The van der Waals surface area contributed by atoms with Crippen LogP contribution in [0, 0.1) is 0 Å². The molecule has 0 bridgehead atoms. The average molecular weight is 315 g/mol. The molecule has 1 aromatic heterocycles. The molecule has 0 atom stereocenters. The van der Waals surface area contributed by atoms with Gasteiger partial charge in [0.05, 0.1) is 12.8 Å². The van der Waals surface area contributed by atoms with Gasteiger partial charge in [-0.15, -0.1) is 17.5 Å². The van der Waals surface area contributed by atoms with E-state index in [0.717, 1.165) is 31.6 Å². The highest BCUT2D eigenvalue weighted by atomic mass is 35.5. The Morgan fingerprint density at radius 2 is 2.43 bits per heavy atom. The van der Waals surface area contributed by atoms with Crippen molar-refractivity contribution >= 4 is 24.5 Å². The maximum absolute atomic E-state index is 11.2. The maximum Gasteiger partial charge on any atom is 0.305 e. The number of aryl methyl sites for hydroxylation is 1. The van der Waals surface area contributed by atoms with Crippen molar-refractivity contribution in [3.05, 3.63) is 17.5 Å². The van der Waals surface area contributed by atoms with Gasteiger partial charge in [0.2, 0.25) is 0 Å². The molecule has 1 N–H and O–H groups in total. The highest BCUT2D eigenvalue weighted by molar-refractivity contribution is 5.85. The number of halogens is 1. The molecule has 1 fully saturated rings. The summed E-state index contributed by atoms with van der Waals surface area (Å²) in [6.45, 7) is 4.98. The third-order valence-electron chi connectivity index (χ3n) is 3.19. The Balaban J connectivity index is 0.00000220. The summed E-state index contributed by atoms with van der Waals surface area (Å²) in [7, 11) is 0. The lowest BCUT2D eigenvalue weighted by Gasteiger charge is -2.14. The molecule has 0 amide bonds. The van der Waals surface area contributed by atoms with Crippen LogP contribution in [0.4, 0.5) is 0 Å². The predicted octanol–water partition coefficient (Wildman–Crippen LogP) is 1.81. The molecule has 2 heterocycles. The number of piperidine rings is 1. The molecule has 0 saturated carbocycles. The van der Waals surface area contributed by atoms with Crippen molar-refractivity contribution in [2.45, 2.75) is 39.2 Å². The van der Waals surface area contributed by atoms with Gasteiger partial charge in [0, 0.05) is 19.5 Å². The smallest absolute Gasteiger partial charge is 0.305 e. The van der Waals surface area contributed by atoms with Crippen LogP contribution in [0.15, 0.2) is 11.8 Å². The number of hydrogen-bond donors (Lipinski definition) is 1. The number of nitrogens with zero attached hydrogens (tertiary/aromatic N) is 3. The highest BCUT2D eigenvalue weighted by Gasteiger charge is 2.06. The lowest BCUT2D eigenvalue weighted by molar-refractivity contribution is -0.143. The fourth-order valence-electron chi connectivity index (χ4n) is 2.22. The van der Waals surface area contributed by atoms with Crippen LogP contribution in [0.1, 0.15) is 38.3 Å². The van der Waals surface area contributed by atoms with E-state index in [4.69, 9.17) is 4.74 Å². The Labute approximate surface area is 131 Å². The molecule has 118 valence electrons. The lowest BCUT2D eigenvalue weighted by Crippen LogP contribution is -2.23. The minimum atomic E-state index is -0.150. The second-order valence-corrected chi connectivity index (χ2v) is 4.90. The number of hydrogen-bond acceptors (Lipinski definition) is 5. The molecule has 1 aliphatic rings. The van der Waals surface area contributed by atoms with Crippen molar-refractivity contribution in [3.63, 3.8) is 0 Å². The third kappa shape index (κ3) is 6.27. The largest absolute Gasteiger partial charge is 0.466 e. The van der Waals surface area contributed by atoms with E-state index in [9.17, 15) is 4.79 Å². The van der Waals surface area contributed by atoms with Gasteiger partial charge >= 0.3 is 5.97 Å². The van der Waals surface area contributed by atoms with Gasteiger partial charge in [-0.25, -0.2) is 0 Å². The van der Waals surface area contributed by atoms with E-state index >= 15 is 0 Å². The standard InChI is InChI=1S/C14H22N4O2.ClH/c1-2-20-14(19)6-4-8-18-11-13(16-17-18)9-12-5-3-7-15-10-12;/h9,11,15H,2-8,10H2,1H3;1H. The molecule has 1 saturated heterocycles. The van der Waals surface area contributed by atoms with E-state index in [0.29, 0.717) is 19.6 Å². The molecule has 0 unspecified atom stereocenters. The molecule has 0 aromatic carbocycles. The van der Waals surface area contributed by atoms with Gasteiger partial charge in [-0.05, 0) is 38.8 Å². The first kappa shape index (κ1) is 17.7. The van der Waals surface area contributed by atoms with Crippen molar-refractivity contribution in [1.29, 1.82) is 0 Å². The molecule has 2 rings (SSSR count). The summed E-state index contributed by atoms with van der Waals surface area (Å²) >= 11 is 0. The fourth-order valence-corrected chi connectivity index (χ4v) is 2.22. The number of carbonyl (C=O) groups is 1. The third-order valence-corrected chi connectivity index (χ3v) is 3.19. The van der Waals surface area contributed by atoms with Gasteiger partial charge in [-0.2, -0.15) is 0 Å². The number of carbonyl (C=O) groups excluding carboxylic acids is 1. The van der Waals surface area contributed by atoms with Crippen molar-refractivity contribution in [1.82, 2.24) is 20.3 Å². The van der Waals surface area contributed by atoms with E-state index in [1.54, 1.807) is 4.68 Å². The molecular weight excluding hydrogens is 292 g/mol. The quantitative estimate of drug-likeness (QED) is 0.811. The zero-order valence-corrected chi connectivity index (χ0v) is 13.2. The summed E-state index contributed by atoms with van der Waals surface area (Å²) in [5.74, 6) is -0.150. The number of rotatable bonds is 6. The molecule has 1 aromatic rings. The Bertz CT molecular complexity index is 465. The van der Waals surface area contributed by atoms with Crippen LogP contribution in [0.3, 0.4) is 0 Å². The normalized spacial score (nSPS) is 16.5. The van der Waals surface area contributed by atoms with Crippen molar-refractivity contribution in [2.75, 3.05) is 19.7 Å². The molecule has 0 aliphatic carbocycles. The first-order valence-corrected chi connectivity index (χ1v) is 7.24. The zero-order chi connectivity index (χ0) is 14.2. The SMILES string of the molecule is CCOC(=O)CCCn1cc(C=C2CCCNC2)nn1.Cl. The van der Waals surface area contributed by atoms with E-state index in [2.05, 4.69) is 21.7 Å². The second-order valence-electron chi connectivity index (χ2n) is 4.90. The second kappa shape index (κ2) is 9.52. The summed E-state index contributed by atoms with van der Waals surface area (Å²) < 4.78 is 6.66. The molecule has 7 heteroatoms. The van der Waals surface area contributed by atoms with Crippen LogP contribution in [0.25, 0.3) is 6.08 Å². The van der Waals surface area contributed by atoms with Gasteiger partial charge in [0.25, 0.3) is 0 Å². The minimum absolute atomic E-state index is 0. The molecule has 21 heavy (non-hydrogen) atoms. The Morgan fingerprint density at radius 3 is 3.14 bits per heavy atom. The summed E-state index contributed by atoms with van der Waals surface area (Å²) in [5.41, 5.74) is 2.26. The fraction of sp³-hybridized carbons (Fsp3) is 0.643. The first-order chi connectivity index (χ1) is 9.78. The lowest BCUT2D eigenvalue weighted by atomic mass is 10.1. The van der Waals surface area contributed by atoms with Crippen LogP contribution in [0.5, 0.6) is 0 Å². The van der Waals surface area contributed by atoms with Crippen LogP contribution in [-0.4, -0.2) is 40.7 Å². The van der Waals surface area contributed by atoms with Crippen molar-refractivity contribution < 1.29 is 9.53 Å². The number of ether oxygens (including phenoxy) is 1. The van der Waals surface area contributed by atoms with Gasteiger partial charge in [0.1, 0.15) is 5.69 Å². The average Bonchev–Trinajstić information content (AvgIpc) is 2.88. The minimum Gasteiger partial charge on any atom is -0.466 e. The first-order valence-electron chi connectivity index (χ1n) is 7.24. The zero-order valence-electron chi connectivity index (χ0n) is 12.4.